The molecule has 0 aliphatic heterocycles. The van der Waals surface area contributed by atoms with Crippen LogP contribution >= 0.6 is 0 Å². The van der Waals surface area contributed by atoms with E-state index in [1.807, 2.05) is 0 Å². The molecule has 0 aliphatic rings. The van der Waals surface area contributed by atoms with Gasteiger partial charge >= 0.3 is 0 Å². The zero-order valence-electron chi connectivity index (χ0n) is 51.0. The summed E-state index contributed by atoms with van der Waals surface area (Å²) in [5.74, 6) is 0. The monoisotopic (exact) mass is 1190 g/mol. The maximum absolute atomic E-state index is 7.03. The Kier molecular flexibility index (Phi) is 11.5. The highest BCUT2D eigenvalue weighted by Crippen LogP contribution is 2.52. The number of fused-ring (bicyclic) bond motifs is 14. The molecule has 0 saturated heterocycles. The van der Waals surface area contributed by atoms with E-state index in [1.54, 1.807) is 0 Å². The summed E-state index contributed by atoms with van der Waals surface area (Å²) < 4.78 is 13.8. The normalized spacial score (nSPS) is 12.0. The van der Waals surface area contributed by atoms with E-state index in [0.29, 0.717) is 0 Å². The Hall–Kier alpha value is -12.4. The fraction of sp³-hybridized carbons (Fsp3) is 0. The summed E-state index contributed by atoms with van der Waals surface area (Å²) in [6, 6.07) is 121. The zero-order valence-corrected chi connectivity index (χ0v) is 51.0. The number of rotatable bonds is 7. The third-order valence-corrected chi connectivity index (χ3v) is 20.1. The Labute approximate surface area is 541 Å². The third-order valence-electron chi connectivity index (χ3n) is 20.1. The molecule has 0 radical (unpaired) electrons. The van der Waals surface area contributed by atoms with Gasteiger partial charge in [-0.2, -0.15) is 0 Å². The molecule has 0 aliphatic carbocycles. The largest absolute Gasteiger partial charge is 0.456 e. The predicted octanol–water partition coefficient (Wildman–Crippen LogP) is 26.4. The fourth-order valence-corrected chi connectivity index (χ4v) is 15.9. The van der Waals surface area contributed by atoms with Crippen molar-refractivity contribution in [2.45, 2.75) is 0 Å². The first-order valence-corrected chi connectivity index (χ1v) is 32.4. The van der Waals surface area contributed by atoms with Gasteiger partial charge in [0.2, 0.25) is 0 Å². The van der Waals surface area contributed by atoms with E-state index in [-0.39, 0.29) is 0 Å². The van der Waals surface area contributed by atoms with Crippen molar-refractivity contribution in [2.24, 2.45) is 0 Å². The van der Waals surface area contributed by atoms with Crippen LogP contribution in [0.1, 0.15) is 0 Å². The second-order valence-electron chi connectivity index (χ2n) is 25.3. The van der Waals surface area contributed by atoms with Crippen molar-refractivity contribution >= 4 is 130 Å². The van der Waals surface area contributed by atoms with Gasteiger partial charge in [0.15, 0.2) is 0 Å². The second-order valence-corrected chi connectivity index (χ2v) is 25.3. The molecule has 18 aromatic carbocycles. The Balaban J connectivity index is 0.770. The standard InChI is InChI=1S/C92H54O2/c1-3-18-55(19-4-1)61-39-36-57-37-43-66(48-67(57)46-61)87-69-25-9-10-26-70(69)90(78-33-17-35-84-92(78)81-51-59-22-7-8-23-60(59)53-85(81)93-84)80-50-64(44-45-76(80)87)62-41-42-65-52-82-86(54-68(65)47-62)94-83-34-16-32-77(91(82)83)89-73-29-13-11-27-71(73)88(72-28-12-14-30-74(72)89)75-31-15-24-58-38-40-63(49-79(58)75)56-20-5-2-6-21-56/h1-54H. The summed E-state index contributed by atoms with van der Waals surface area (Å²) in [7, 11) is 0. The second kappa shape index (κ2) is 20.6. The van der Waals surface area contributed by atoms with Gasteiger partial charge < -0.3 is 8.83 Å². The Morgan fingerprint density at radius 1 is 0.149 bits per heavy atom. The minimum Gasteiger partial charge on any atom is -0.456 e. The quantitative estimate of drug-likeness (QED) is 0.149. The molecule has 434 valence electrons. The molecule has 0 atom stereocenters. The summed E-state index contributed by atoms with van der Waals surface area (Å²) in [6.07, 6.45) is 0. The third kappa shape index (κ3) is 8.10. The van der Waals surface area contributed by atoms with E-state index in [2.05, 4.69) is 328 Å². The van der Waals surface area contributed by atoms with Crippen LogP contribution in [0, 0.1) is 0 Å². The molecule has 2 nitrogen and oxygen atoms in total. The van der Waals surface area contributed by atoms with E-state index >= 15 is 0 Å². The number of benzene rings is 18. The van der Waals surface area contributed by atoms with Crippen LogP contribution < -0.4 is 0 Å². The van der Waals surface area contributed by atoms with Crippen LogP contribution in [0.15, 0.2) is 336 Å². The van der Waals surface area contributed by atoms with Crippen LogP contribution in [0.2, 0.25) is 0 Å². The van der Waals surface area contributed by atoms with E-state index in [9.17, 15) is 0 Å². The van der Waals surface area contributed by atoms with Crippen molar-refractivity contribution in [3.05, 3.63) is 328 Å². The van der Waals surface area contributed by atoms with Gasteiger partial charge in [-0.1, -0.05) is 261 Å². The lowest BCUT2D eigenvalue weighted by atomic mass is 9.83. The number of furan rings is 2. The van der Waals surface area contributed by atoms with Gasteiger partial charge in [0, 0.05) is 21.5 Å². The molecule has 2 heteroatoms. The number of hydrogen-bond acceptors (Lipinski definition) is 2. The molecule has 2 aromatic heterocycles. The molecule has 0 fully saturated rings. The van der Waals surface area contributed by atoms with Crippen molar-refractivity contribution in [1.82, 2.24) is 0 Å². The topological polar surface area (TPSA) is 26.3 Å². The maximum Gasteiger partial charge on any atom is 0.136 e. The summed E-state index contributed by atoms with van der Waals surface area (Å²) in [6.45, 7) is 0. The van der Waals surface area contributed by atoms with Gasteiger partial charge in [-0.3, -0.25) is 0 Å². The smallest absolute Gasteiger partial charge is 0.136 e. The van der Waals surface area contributed by atoms with Crippen molar-refractivity contribution in [3.63, 3.8) is 0 Å². The Morgan fingerprint density at radius 3 is 1.11 bits per heavy atom. The van der Waals surface area contributed by atoms with E-state index in [1.165, 1.54) is 126 Å². The number of hydrogen-bond donors (Lipinski definition) is 0. The highest BCUT2D eigenvalue weighted by Gasteiger charge is 2.25. The average molecular weight is 1190 g/mol. The summed E-state index contributed by atoms with van der Waals surface area (Å²) in [5, 5.41) is 23.5. The lowest BCUT2D eigenvalue weighted by molar-refractivity contribution is 0.669. The van der Waals surface area contributed by atoms with Crippen molar-refractivity contribution in [1.29, 1.82) is 0 Å². The zero-order chi connectivity index (χ0) is 61.5. The van der Waals surface area contributed by atoms with Crippen molar-refractivity contribution in [2.75, 3.05) is 0 Å². The summed E-state index contributed by atoms with van der Waals surface area (Å²) in [5.41, 5.74) is 20.1. The van der Waals surface area contributed by atoms with Crippen LogP contribution in [0.4, 0.5) is 0 Å². The minimum absolute atomic E-state index is 0.860. The fourth-order valence-electron chi connectivity index (χ4n) is 15.9. The molecule has 0 bridgehead atoms. The van der Waals surface area contributed by atoms with Crippen LogP contribution in [0.25, 0.3) is 208 Å². The molecule has 2 heterocycles. The lowest BCUT2D eigenvalue weighted by Gasteiger charge is -2.20. The summed E-state index contributed by atoms with van der Waals surface area (Å²) in [4.78, 5) is 0. The van der Waals surface area contributed by atoms with Gasteiger partial charge in [0.25, 0.3) is 0 Å². The molecule has 20 rings (SSSR count). The van der Waals surface area contributed by atoms with Crippen LogP contribution in [0.3, 0.4) is 0 Å². The molecule has 0 unspecified atom stereocenters. The predicted molar refractivity (Wildman–Crippen MR) is 399 cm³/mol. The van der Waals surface area contributed by atoms with E-state index in [0.717, 1.165) is 82.3 Å². The van der Waals surface area contributed by atoms with E-state index in [4.69, 9.17) is 8.83 Å². The van der Waals surface area contributed by atoms with Crippen LogP contribution in [0.5, 0.6) is 0 Å². The minimum atomic E-state index is 0.860. The molecular weight excluding hydrogens is 1140 g/mol. The van der Waals surface area contributed by atoms with Crippen LogP contribution in [-0.4, -0.2) is 0 Å². The Morgan fingerprint density at radius 2 is 0.511 bits per heavy atom. The highest BCUT2D eigenvalue weighted by atomic mass is 16.3. The maximum atomic E-state index is 7.03. The van der Waals surface area contributed by atoms with Gasteiger partial charge in [-0.05, 0) is 231 Å². The van der Waals surface area contributed by atoms with Crippen molar-refractivity contribution < 1.29 is 8.83 Å². The SMILES string of the molecule is c1ccc(-c2ccc3ccc(-c4c5ccccc5c(-c5cccc6oc7cc8ccccc8cc7c56)c5cc(-c6ccc7cc8c(cc7c6)oc6cccc(-c7c9ccccc9c(-c9cccc%10ccc(-c%11ccccc%11)cc9%10)c9ccccc79)c68)ccc45)cc3c2)cc1. The average Bonchev–Trinajstić information content (AvgIpc) is 1.17. The molecule has 20 aromatic rings. The first-order valence-electron chi connectivity index (χ1n) is 32.4. The van der Waals surface area contributed by atoms with Gasteiger partial charge in [0.05, 0.1) is 0 Å². The highest BCUT2D eigenvalue weighted by molar-refractivity contribution is 6.29. The molecular formula is C92H54O2. The van der Waals surface area contributed by atoms with Gasteiger partial charge in [-0.25, -0.2) is 0 Å². The summed E-state index contributed by atoms with van der Waals surface area (Å²) >= 11 is 0. The van der Waals surface area contributed by atoms with Crippen molar-refractivity contribution in [3.8, 4) is 77.9 Å². The molecule has 0 amide bonds. The molecule has 0 N–H and O–H groups in total. The first kappa shape index (κ1) is 52.4. The molecule has 0 saturated carbocycles. The Bertz CT molecular complexity index is 6530. The molecule has 0 spiro atoms. The lowest BCUT2D eigenvalue weighted by Crippen LogP contribution is -1.92. The first-order chi connectivity index (χ1) is 46.6. The van der Waals surface area contributed by atoms with Crippen LogP contribution in [-0.2, 0) is 0 Å². The molecule has 94 heavy (non-hydrogen) atoms. The van der Waals surface area contributed by atoms with Gasteiger partial charge in [0.1, 0.15) is 22.3 Å². The van der Waals surface area contributed by atoms with E-state index < -0.39 is 0 Å². The van der Waals surface area contributed by atoms with Gasteiger partial charge in [-0.15, -0.1) is 0 Å².